The zero-order valence-electron chi connectivity index (χ0n) is 13.9. The summed E-state index contributed by atoms with van der Waals surface area (Å²) in [7, 11) is -3.29. The predicted molar refractivity (Wildman–Crippen MR) is 105 cm³/mol. The minimum Gasteiger partial charge on any atom is -0.302 e. The molecule has 1 unspecified atom stereocenters. The molecule has 1 atom stereocenters. The Kier molecular flexibility index (Phi) is 5.88. The second-order valence-electron chi connectivity index (χ2n) is 6.11. The van der Waals surface area contributed by atoms with Gasteiger partial charge >= 0.3 is 0 Å². The summed E-state index contributed by atoms with van der Waals surface area (Å²) in [4.78, 5) is 16.9. The maximum Gasteiger partial charge on any atom is 0.230 e. The fraction of sp³-hybridized carbons (Fsp3) is 0.375. The van der Waals surface area contributed by atoms with Gasteiger partial charge in [-0.25, -0.2) is 17.7 Å². The number of nitrogens with one attached hydrogen (secondary N) is 1. The molecule has 0 spiro atoms. The number of aromatic nitrogens is 1. The number of sulfonamides is 1. The molecule has 2 heterocycles. The summed E-state index contributed by atoms with van der Waals surface area (Å²) in [6.45, 7) is 0.658. The molecule has 1 aliphatic heterocycles. The van der Waals surface area contributed by atoms with E-state index in [1.165, 1.54) is 15.6 Å². The molecule has 1 N–H and O–H groups in total. The molecule has 6 nitrogen and oxygen atoms in total. The smallest absolute Gasteiger partial charge is 0.230 e. The van der Waals surface area contributed by atoms with Crippen molar-refractivity contribution < 1.29 is 13.2 Å². The molecule has 1 aliphatic rings. The second kappa shape index (κ2) is 7.82. The van der Waals surface area contributed by atoms with Crippen LogP contribution in [-0.4, -0.2) is 43.0 Å². The van der Waals surface area contributed by atoms with E-state index >= 15 is 0 Å². The van der Waals surface area contributed by atoms with E-state index < -0.39 is 10.0 Å². The van der Waals surface area contributed by atoms with Crippen molar-refractivity contribution in [2.24, 2.45) is 5.92 Å². The van der Waals surface area contributed by atoms with Gasteiger partial charge in [-0.1, -0.05) is 23.2 Å². The molecule has 2 aromatic rings. The zero-order valence-corrected chi connectivity index (χ0v) is 17.1. The van der Waals surface area contributed by atoms with Crippen molar-refractivity contribution in [2.45, 2.75) is 12.8 Å². The molecule has 1 saturated heterocycles. The van der Waals surface area contributed by atoms with Gasteiger partial charge in [-0.15, -0.1) is 11.3 Å². The highest BCUT2D eigenvalue weighted by molar-refractivity contribution is 7.88. The highest BCUT2D eigenvalue weighted by Gasteiger charge is 2.30. The first kappa shape index (κ1) is 19.6. The SMILES string of the molecule is CS(=O)(=O)N1CCCC(C(=O)Nc2nc(-c3ccc(Cl)cc3Cl)cs2)C1. The molecule has 1 fully saturated rings. The van der Waals surface area contributed by atoms with E-state index in [1.54, 1.807) is 23.6 Å². The molecule has 1 amide bonds. The van der Waals surface area contributed by atoms with Crippen molar-refractivity contribution >= 4 is 55.6 Å². The average molecular weight is 434 g/mol. The highest BCUT2D eigenvalue weighted by atomic mass is 35.5. The van der Waals surface area contributed by atoms with Gasteiger partial charge in [-0.2, -0.15) is 0 Å². The third-order valence-corrected chi connectivity index (χ3v) is 6.74. The Hall–Kier alpha value is -1.19. The Balaban J connectivity index is 1.70. The van der Waals surface area contributed by atoms with Crippen LogP contribution in [-0.2, 0) is 14.8 Å². The molecule has 0 saturated carbocycles. The molecule has 0 bridgehead atoms. The van der Waals surface area contributed by atoms with Crippen molar-refractivity contribution in [1.29, 1.82) is 0 Å². The van der Waals surface area contributed by atoms with Crippen LogP contribution in [0.5, 0.6) is 0 Å². The van der Waals surface area contributed by atoms with Crippen LogP contribution in [0.3, 0.4) is 0 Å². The van der Waals surface area contributed by atoms with Gasteiger partial charge in [-0.05, 0) is 31.0 Å². The molecule has 0 aliphatic carbocycles. The first-order chi connectivity index (χ1) is 12.2. The Labute approximate surface area is 166 Å². The zero-order chi connectivity index (χ0) is 18.9. The number of anilines is 1. The van der Waals surface area contributed by atoms with Crippen LogP contribution in [0.1, 0.15) is 12.8 Å². The Bertz CT molecular complexity index is 931. The first-order valence-electron chi connectivity index (χ1n) is 7.91. The normalized spacial score (nSPS) is 18.7. The van der Waals surface area contributed by atoms with E-state index in [0.717, 1.165) is 11.8 Å². The number of hydrogen-bond donors (Lipinski definition) is 1. The molecule has 1 aromatic carbocycles. The monoisotopic (exact) mass is 433 g/mol. The van der Waals surface area contributed by atoms with Gasteiger partial charge in [0.15, 0.2) is 5.13 Å². The van der Waals surface area contributed by atoms with E-state index in [0.29, 0.717) is 40.3 Å². The number of carbonyl (C=O) groups excluding carboxylic acids is 1. The minimum atomic E-state index is -3.29. The number of carbonyl (C=O) groups is 1. The molecule has 3 rings (SSSR count). The summed E-state index contributed by atoms with van der Waals surface area (Å²) in [5, 5.41) is 6.05. The van der Waals surface area contributed by atoms with Crippen LogP contribution < -0.4 is 5.32 Å². The van der Waals surface area contributed by atoms with Crippen LogP contribution >= 0.6 is 34.5 Å². The predicted octanol–water partition coefficient (Wildman–Crippen LogP) is 3.73. The number of rotatable bonds is 4. The van der Waals surface area contributed by atoms with Crippen molar-refractivity contribution in [3.8, 4) is 11.3 Å². The van der Waals surface area contributed by atoms with Crippen LogP contribution in [0, 0.1) is 5.92 Å². The summed E-state index contributed by atoms with van der Waals surface area (Å²) in [5.41, 5.74) is 1.38. The summed E-state index contributed by atoms with van der Waals surface area (Å²) < 4.78 is 24.7. The number of nitrogens with zero attached hydrogens (tertiary/aromatic N) is 2. The highest BCUT2D eigenvalue weighted by Crippen LogP contribution is 2.32. The molecular formula is C16H17Cl2N3O3S2. The van der Waals surface area contributed by atoms with Crippen LogP contribution in [0.4, 0.5) is 5.13 Å². The first-order valence-corrected chi connectivity index (χ1v) is 11.4. The maximum atomic E-state index is 12.5. The van der Waals surface area contributed by atoms with Crippen molar-refractivity contribution in [1.82, 2.24) is 9.29 Å². The van der Waals surface area contributed by atoms with Gasteiger partial charge < -0.3 is 5.32 Å². The van der Waals surface area contributed by atoms with Gasteiger partial charge in [-0.3, -0.25) is 4.79 Å². The molecule has 0 radical (unpaired) electrons. The third-order valence-electron chi connectivity index (χ3n) is 4.17. The number of hydrogen-bond acceptors (Lipinski definition) is 5. The van der Waals surface area contributed by atoms with Gasteiger partial charge in [0.25, 0.3) is 0 Å². The molecule has 140 valence electrons. The fourth-order valence-electron chi connectivity index (χ4n) is 2.82. The van der Waals surface area contributed by atoms with E-state index in [4.69, 9.17) is 23.2 Å². The van der Waals surface area contributed by atoms with Gasteiger partial charge in [0.1, 0.15) is 0 Å². The van der Waals surface area contributed by atoms with Crippen LogP contribution in [0.15, 0.2) is 23.6 Å². The second-order valence-corrected chi connectivity index (χ2v) is 9.80. The summed E-state index contributed by atoms with van der Waals surface area (Å²) in [5.74, 6) is -0.605. The Morgan fingerprint density at radius 2 is 2.15 bits per heavy atom. The van der Waals surface area contributed by atoms with Crippen LogP contribution in [0.25, 0.3) is 11.3 Å². The lowest BCUT2D eigenvalue weighted by Crippen LogP contribution is -2.43. The molecule has 26 heavy (non-hydrogen) atoms. The van der Waals surface area contributed by atoms with Crippen molar-refractivity contribution in [2.75, 3.05) is 24.7 Å². The van der Waals surface area contributed by atoms with Crippen molar-refractivity contribution in [3.63, 3.8) is 0 Å². The number of amides is 1. The number of halogens is 2. The molecule has 10 heteroatoms. The lowest BCUT2D eigenvalue weighted by molar-refractivity contribution is -0.120. The molecular weight excluding hydrogens is 417 g/mol. The topological polar surface area (TPSA) is 79.4 Å². The minimum absolute atomic E-state index is 0.200. The lowest BCUT2D eigenvalue weighted by atomic mass is 9.99. The number of benzene rings is 1. The average Bonchev–Trinajstić information content (AvgIpc) is 3.02. The number of thiazole rings is 1. The van der Waals surface area contributed by atoms with E-state index in [2.05, 4.69) is 10.3 Å². The third kappa shape index (κ3) is 4.55. The molecule has 1 aromatic heterocycles. The number of piperidine rings is 1. The van der Waals surface area contributed by atoms with Gasteiger partial charge in [0, 0.05) is 29.1 Å². The lowest BCUT2D eigenvalue weighted by Gasteiger charge is -2.29. The van der Waals surface area contributed by atoms with E-state index in [-0.39, 0.29) is 18.4 Å². The van der Waals surface area contributed by atoms with E-state index in [1.807, 2.05) is 0 Å². The van der Waals surface area contributed by atoms with E-state index in [9.17, 15) is 13.2 Å². The summed E-state index contributed by atoms with van der Waals surface area (Å²) in [6, 6.07) is 5.14. The summed E-state index contributed by atoms with van der Waals surface area (Å²) >= 11 is 13.4. The largest absolute Gasteiger partial charge is 0.302 e. The van der Waals surface area contributed by atoms with Crippen LogP contribution in [0.2, 0.25) is 10.0 Å². The summed E-state index contributed by atoms with van der Waals surface area (Å²) in [6.07, 6.45) is 2.48. The van der Waals surface area contributed by atoms with Gasteiger partial charge in [0.05, 0.1) is 22.9 Å². The maximum absolute atomic E-state index is 12.5. The quantitative estimate of drug-likeness (QED) is 0.796. The Morgan fingerprint density at radius 1 is 1.38 bits per heavy atom. The Morgan fingerprint density at radius 3 is 2.85 bits per heavy atom. The van der Waals surface area contributed by atoms with Gasteiger partial charge in [0.2, 0.25) is 15.9 Å². The fourth-order valence-corrected chi connectivity index (χ4v) is 4.95. The standard InChI is InChI=1S/C16H17Cl2N3O3S2/c1-26(23,24)21-6-2-3-10(8-21)15(22)20-16-19-14(9-25-16)12-5-4-11(17)7-13(12)18/h4-5,7,9-10H,2-3,6,8H2,1H3,(H,19,20,22). The van der Waals surface area contributed by atoms with Crippen molar-refractivity contribution in [3.05, 3.63) is 33.6 Å².